The van der Waals surface area contributed by atoms with Crippen LogP contribution in [0.3, 0.4) is 0 Å². The molecule has 110 valence electrons. The fraction of sp³-hybridized carbons (Fsp3) is 0.308. The molecule has 0 spiro atoms. The Bertz CT molecular complexity index is 759. The van der Waals surface area contributed by atoms with E-state index >= 15 is 0 Å². The lowest BCUT2D eigenvalue weighted by atomic mass is 10.2. The van der Waals surface area contributed by atoms with Crippen molar-refractivity contribution in [3.63, 3.8) is 0 Å². The van der Waals surface area contributed by atoms with E-state index in [4.69, 9.17) is 4.74 Å². The molecule has 8 nitrogen and oxygen atoms in total. The first-order valence-electron chi connectivity index (χ1n) is 6.37. The van der Waals surface area contributed by atoms with Crippen LogP contribution in [-0.4, -0.2) is 19.2 Å². The summed E-state index contributed by atoms with van der Waals surface area (Å²) >= 11 is 0. The number of rotatable bonds is 3. The number of aromatic nitrogens is 2. The Hall–Kier alpha value is -2.61. The maximum absolute atomic E-state index is 12.2. The van der Waals surface area contributed by atoms with E-state index in [0.717, 1.165) is 0 Å². The molecule has 1 unspecified atom stereocenters. The summed E-state index contributed by atoms with van der Waals surface area (Å²) < 4.78 is 7.92. The molecular weight excluding hydrogens is 278 g/mol. The van der Waals surface area contributed by atoms with E-state index in [1.807, 2.05) is 0 Å². The van der Waals surface area contributed by atoms with Gasteiger partial charge in [-0.1, -0.05) is 12.1 Å². The number of nitro groups is 1. The van der Waals surface area contributed by atoms with Crippen molar-refractivity contribution in [2.24, 2.45) is 0 Å². The van der Waals surface area contributed by atoms with Crippen LogP contribution in [-0.2, 0) is 17.9 Å². The van der Waals surface area contributed by atoms with E-state index in [2.05, 4.69) is 0 Å². The minimum atomic E-state index is -0.487. The highest BCUT2D eigenvalue weighted by Gasteiger charge is 2.28. The molecule has 1 atom stereocenters. The van der Waals surface area contributed by atoms with E-state index in [9.17, 15) is 20.0 Å². The number of hydrogen-bond donors (Lipinski definition) is 1. The Morgan fingerprint density at radius 3 is 2.67 bits per heavy atom. The summed E-state index contributed by atoms with van der Waals surface area (Å²) in [6.07, 6.45) is -0.406. The Balaban J connectivity index is 1.94. The molecule has 0 fully saturated rings. The molecule has 8 heteroatoms. The second-order valence-corrected chi connectivity index (χ2v) is 4.84. The fourth-order valence-corrected chi connectivity index (χ4v) is 2.43. The Labute approximate surface area is 119 Å². The standard InChI is InChI=1S/C13H13N3O5/c1-8-15-11(7-21-8)12(17)14(13(15)18)6-9-2-4-10(5-3-9)16(19)20/h2-5,8,17H,6-7H2,1H3. The monoisotopic (exact) mass is 291 g/mol. The average Bonchev–Trinajstić information content (AvgIpc) is 2.95. The van der Waals surface area contributed by atoms with Gasteiger partial charge in [-0.25, -0.2) is 4.79 Å². The molecule has 21 heavy (non-hydrogen) atoms. The number of imidazole rings is 1. The van der Waals surface area contributed by atoms with Crippen molar-refractivity contribution in [2.75, 3.05) is 0 Å². The van der Waals surface area contributed by atoms with Crippen LogP contribution >= 0.6 is 0 Å². The molecule has 3 rings (SSSR count). The second kappa shape index (κ2) is 4.74. The highest BCUT2D eigenvalue weighted by molar-refractivity contribution is 5.33. The summed E-state index contributed by atoms with van der Waals surface area (Å²) in [7, 11) is 0. The molecule has 0 bridgehead atoms. The minimum absolute atomic E-state index is 0.0169. The summed E-state index contributed by atoms with van der Waals surface area (Å²) in [6, 6.07) is 5.86. The van der Waals surface area contributed by atoms with Gasteiger partial charge in [-0.05, 0) is 12.5 Å². The molecule has 1 aliphatic rings. The van der Waals surface area contributed by atoms with Gasteiger partial charge in [0.1, 0.15) is 11.9 Å². The van der Waals surface area contributed by atoms with E-state index in [1.54, 1.807) is 19.1 Å². The first-order chi connectivity index (χ1) is 9.99. The molecule has 1 N–H and O–H groups in total. The van der Waals surface area contributed by atoms with Crippen LogP contribution in [0.25, 0.3) is 0 Å². The summed E-state index contributed by atoms with van der Waals surface area (Å²) in [4.78, 5) is 22.4. The van der Waals surface area contributed by atoms with Crippen molar-refractivity contribution in [3.05, 3.63) is 56.1 Å². The van der Waals surface area contributed by atoms with Gasteiger partial charge in [-0.3, -0.25) is 19.2 Å². The van der Waals surface area contributed by atoms with Gasteiger partial charge in [0.15, 0.2) is 0 Å². The SMILES string of the molecule is CC1OCc2c(O)n(Cc3ccc([N+](=O)[O-])cc3)c(=O)n21. The van der Waals surface area contributed by atoms with Gasteiger partial charge >= 0.3 is 5.69 Å². The molecule has 0 radical (unpaired) electrons. The van der Waals surface area contributed by atoms with E-state index in [0.29, 0.717) is 11.3 Å². The van der Waals surface area contributed by atoms with Crippen molar-refractivity contribution in [2.45, 2.75) is 26.3 Å². The predicted octanol–water partition coefficient (Wildman–Crippen LogP) is 1.36. The lowest BCUT2D eigenvalue weighted by molar-refractivity contribution is -0.384. The van der Waals surface area contributed by atoms with Gasteiger partial charge in [0, 0.05) is 12.1 Å². The Kier molecular flexibility index (Phi) is 3.02. The second-order valence-electron chi connectivity index (χ2n) is 4.84. The van der Waals surface area contributed by atoms with Crippen molar-refractivity contribution >= 4 is 5.69 Å². The highest BCUT2D eigenvalue weighted by Crippen LogP contribution is 2.28. The molecular formula is C13H13N3O5. The zero-order chi connectivity index (χ0) is 15.1. The smallest absolute Gasteiger partial charge is 0.333 e. The summed E-state index contributed by atoms with van der Waals surface area (Å²) in [6.45, 7) is 2.07. The first kappa shape index (κ1) is 13.4. The van der Waals surface area contributed by atoms with Crippen LogP contribution < -0.4 is 5.69 Å². The van der Waals surface area contributed by atoms with Crippen LogP contribution in [0.15, 0.2) is 29.1 Å². The maximum atomic E-state index is 12.2. The van der Waals surface area contributed by atoms with Crippen molar-refractivity contribution < 1.29 is 14.8 Å². The molecule has 0 saturated heterocycles. The van der Waals surface area contributed by atoms with Gasteiger partial charge in [-0.2, -0.15) is 0 Å². The van der Waals surface area contributed by atoms with Gasteiger partial charge in [0.25, 0.3) is 5.69 Å². The number of benzene rings is 1. The van der Waals surface area contributed by atoms with Crippen molar-refractivity contribution in [1.82, 2.24) is 9.13 Å². The normalized spacial score (nSPS) is 16.9. The van der Waals surface area contributed by atoms with Crippen LogP contribution in [0.4, 0.5) is 5.69 Å². The molecule has 2 aromatic rings. The van der Waals surface area contributed by atoms with Crippen LogP contribution in [0, 0.1) is 10.1 Å². The lowest BCUT2D eigenvalue weighted by Gasteiger charge is -2.06. The molecule has 0 amide bonds. The van der Waals surface area contributed by atoms with Crippen molar-refractivity contribution in [3.8, 4) is 5.88 Å². The Morgan fingerprint density at radius 1 is 1.43 bits per heavy atom. The van der Waals surface area contributed by atoms with Gasteiger partial charge in [0.05, 0.1) is 18.1 Å². The molecule has 2 heterocycles. The largest absolute Gasteiger partial charge is 0.493 e. The summed E-state index contributed by atoms with van der Waals surface area (Å²) in [5, 5.41) is 20.7. The molecule has 1 aromatic carbocycles. The third kappa shape index (κ3) is 2.09. The zero-order valence-corrected chi connectivity index (χ0v) is 11.2. The maximum Gasteiger partial charge on any atom is 0.333 e. The molecule has 0 saturated carbocycles. The average molecular weight is 291 g/mol. The number of aromatic hydroxyl groups is 1. The predicted molar refractivity (Wildman–Crippen MR) is 72.1 cm³/mol. The summed E-state index contributed by atoms with van der Waals surface area (Å²) in [5.41, 5.74) is 0.771. The number of non-ortho nitro benzene ring substituents is 1. The van der Waals surface area contributed by atoms with Gasteiger partial charge in [-0.15, -0.1) is 0 Å². The quantitative estimate of drug-likeness (QED) is 0.680. The van der Waals surface area contributed by atoms with Gasteiger partial charge in [0.2, 0.25) is 5.88 Å². The highest BCUT2D eigenvalue weighted by atomic mass is 16.6. The van der Waals surface area contributed by atoms with Crippen LogP contribution in [0.1, 0.15) is 24.4 Å². The number of nitrogens with zero attached hydrogens (tertiary/aromatic N) is 3. The first-order valence-corrected chi connectivity index (χ1v) is 6.37. The number of hydrogen-bond acceptors (Lipinski definition) is 5. The third-order valence-corrected chi connectivity index (χ3v) is 3.55. The third-order valence-electron chi connectivity index (χ3n) is 3.55. The van der Waals surface area contributed by atoms with Gasteiger partial charge < -0.3 is 9.84 Å². The van der Waals surface area contributed by atoms with Crippen LogP contribution in [0.2, 0.25) is 0 Å². The molecule has 1 aliphatic heterocycles. The fourth-order valence-electron chi connectivity index (χ4n) is 2.43. The summed E-state index contributed by atoms with van der Waals surface area (Å²) in [5.74, 6) is -0.122. The minimum Gasteiger partial charge on any atom is -0.493 e. The number of nitro benzene ring substituents is 1. The topological polar surface area (TPSA) is 99.5 Å². The lowest BCUT2D eigenvalue weighted by Crippen LogP contribution is -2.26. The zero-order valence-electron chi connectivity index (χ0n) is 11.2. The van der Waals surface area contributed by atoms with E-state index < -0.39 is 11.2 Å². The number of fused-ring (bicyclic) bond motifs is 1. The molecule has 1 aromatic heterocycles. The number of ether oxygens (including phenoxy) is 1. The Morgan fingerprint density at radius 2 is 2.10 bits per heavy atom. The van der Waals surface area contributed by atoms with Crippen molar-refractivity contribution in [1.29, 1.82) is 0 Å². The van der Waals surface area contributed by atoms with E-state index in [-0.39, 0.29) is 30.4 Å². The van der Waals surface area contributed by atoms with Crippen LogP contribution in [0.5, 0.6) is 5.88 Å². The molecule has 0 aliphatic carbocycles. The van der Waals surface area contributed by atoms with E-state index in [1.165, 1.54) is 21.3 Å².